The zero-order chi connectivity index (χ0) is 25.1. The Morgan fingerprint density at radius 3 is 1.94 bits per heavy atom. The van der Waals surface area contributed by atoms with Crippen molar-refractivity contribution >= 4 is 42.2 Å². The van der Waals surface area contributed by atoms with E-state index in [1.165, 1.54) is 38.5 Å². The topological polar surface area (TPSA) is 99.3 Å². The standard InChI is InChI=1S/C26H48N4O3S2/c31-23(15-8-5-3-1-2-4-6-13-19-34)27-17-11-7-12-18-28-24(32)16-10-9-14-22-25-21(20-35-22)29-26(33)30-25/h21-22,25,34H,1-20H2,(H,27,31)(H,28,32)(H2,29,30,33)/t21-,22-,25-/m0/s1. The zero-order valence-electron chi connectivity index (χ0n) is 21.5. The first-order valence-corrected chi connectivity index (χ1v) is 15.6. The van der Waals surface area contributed by atoms with Crippen molar-refractivity contribution in [1.29, 1.82) is 0 Å². The lowest BCUT2D eigenvalue weighted by Gasteiger charge is -2.16. The Bertz CT molecular complexity index is 623. The number of nitrogens with one attached hydrogen (secondary N) is 4. The summed E-state index contributed by atoms with van der Waals surface area (Å²) in [5.74, 6) is 2.28. The average molecular weight is 529 g/mol. The molecule has 0 aromatic rings. The molecule has 35 heavy (non-hydrogen) atoms. The molecule has 0 aromatic carbocycles. The van der Waals surface area contributed by atoms with E-state index in [9.17, 15) is 14.4 Å². The highest BCUT2D eigenvalue weighted by Gasteiger charge is 2.42. The Kier molecular flexibility index (Phi) is 16.4. The van der Waals surface area contributed by atoms with Crippen LogP contribution in [0.2, 0.25) is 0 Å². The summed E-state index contributed by atoms with van der Waals surface area (Å²) >= 11 is 6.16. The van der Waals surface area contributed by atoms with Crippen LogP contribution in [-0.2, 0) is 9.59 Å². The summed E-state index contributed by atoms with van der Waals surface area (Å²) in [5.41, 5.74) is 0. The highest BCUT2D eigenvalue weighted by atomic mass is 32.2. The normalized spacial score (nSPS) is 20.8. The van der Waals surface area contributed by atoms with Crippen molar-refractivity contribution in [2.24, 2.45) is 0 Å². The lowest BCUT2D eigenvalue weighted by molar-refractivity contribution is -0.121. The number of thiol groups is 1. The molecular weight excluding hydrogens is 480 g/mol. The van der Waals surface area contributed by atoms with Crippen molar-refractivity contribution in [3.63, 3.8) is 0 Å². The van der Waals surface area contributed by atoms with E-state index in [0.29, 0.717) is 24.6 Å². The van der Waals surface area contributed by atoms with Crippen LogP contribution in [0.3, 0.4) is 0 Å². The number of amides is 4. The molecule has 7 nitrogen and oxygen atoms in total. The van der Waals surface area contributed by atoms with Crippen LogP contribution in [0.25, 0.3) is 0 Å². The fourth-order valence-corrected chi connectivity index (χ4v) is 6.56. The molecule has 9 heteroatoms. The van der Waals surface area contributed by atoms with Crippen molar-refractivity contribution in [3.8, 4) is 0 Å². The second-order valence-corrected chi connectivity index (χ2v) is 11.6. The van der Waals surface area contributed by atoms with Gasteiger partial charge >= 0.3 is 6.03 Å². The van der Waals surface area contributed by atoms with E-state index in [0.717, 1.165) is 69.4 Å². The third-order valence-electron chi connectivity index (χ3n) is 6.89. The second-order valence-electron chi connectivity index (χ2n) is 9.93. The predicted molar refractivity (Wildman–Crippen MR) is 149 cm³/mol. The quantitative estimate of drug-likeness (QED) is 0.0857. The number of hydrogen-bond acceptors (Lipinski definition) is 5. The van der Waals surface area contributed by atoms with Crippen molar-refractivity contribution in [2.75, 3.05) is 24.6 Å². The maximum absolute atomic E-state index is 12.0. The minimum Gasteiger partial charge on any atom is -0.356 e. The average Bonchev–Trinajstić information content (AvgIpc) is 3.39. The van der Waals surface area contributed by atoms with Crippen LogP contribution in [0, 0.1) is 0 Å². The SMILES string of the molecule is O=C(CCCCCCCCCCS)NCCCCCNC(=O)CCCC[C@@H]1SC[C@@H]2NC(=O)N[C@@H]21. The van der Waals surface area contributed by atoms with Gasteiger partial charge < -0.3 is 21.3 Å². The van der Waals surface area contributed by atoms with Crippen LogP contribution in [-0.4, -0.2) is 59.8 Å². The van der Waals surface area contributed by atoms with E-state index in [1.54, 1.807) is 0 Å². The van der Waals surface area contributed by atoms with Crippen molar-refractivity contribution in [2.45, 2.75) is 120 Å². The van der Waals surface area contributed by atoms with E-state index < -0.39 is 0 Å². The van der Waals surface area contributed by atoms with Crippen LogP contribution >= 0.6 is 24.4 Å². The molecule has 2 heterocycles. The van der Waals surface area contributed by atoms with E-state index in [1.807, 2.05) is 11.8 Å². The van der Waals surface area contributed by atoms with Gasteiger partial charge in [-0.3, -0.25) is 9.59 Å². The molecule has 2 aliphatic rings. The first-order valence-electron chi connectivity index (χ1n) is 13.9. The third-order valence-corrected chi connectivity index (χ3v) is 8.72. The maximum Gasteiger partial charge on any atom is 0.315 e. The molecule has 0 bridgehead atoms. The lowest BCUT2D eigenvalue weighted by atomic mass is 10.0. The number of carbonyl (C=O) groups is 3. The van der Waals surface area contributed by atoms with E-state index in [4.69, 9.17) is 0 Å². The largest absolute Gasteiger partial charge is 0.356 e. The Balaban J connectivity index is 1.30. The van der Waals surface area contributed by atoms with Crippen LogP contribution in [0.1, 0.15) is 103 Å². The summed E-state index contributed by atoms with van der Waals surface area (Å²) in [4.78, 5) is 35.4. The number of unbranched alkanes of at least 4 members (excludes halogenated alkanes) is 10. The molecule has 202 valence electrons. The van der Waals surface area contributed by atoms with Gasteiger partial charge in [0.25, 0.3) is 0 Å². The number of urea groups is 1. The molecule has 0 spiro atoms. The minimum atomic E-state index is -0.0422. The number of carbonyl (C=O) groups excluding carboxylic acids is 3. The predicted octanol–water partition coefficient (Wildman–Crippen LogP) is 4.56. The van der Waals surface area contributed by atoms with Gasteiger partial charge in [0, 0.05) is 36.9 Å². The molecule has 2 saturated heterocycles. The Labute approximate surface area is 222 Å². The lowest BCUT2D eigenvalue weighted by Crippen LogP contribution is -2.36. The van der Waals surface area contributed by atoms with Crippen molar-refractivity contribution in [3.05, 3.63) is 0 Å². The number of rotatable bonds is 21. The van der Waals surface area contributed by atoms with Gasteiger partial charge in [-0.05, 0) is 50.7 Å². The van der Waals surface area contributed by atoms with Crippen molar-refractivity contribution in [1.82, 2.24) is 21.3 Å². The molecule has 0 aliphatic carbocycles. The number of hydrogen-bond donors (Lipinski definition) is 5. The van der Waals surface area contributed by atoms with Crippen molar-refractivity contribution < 1.29 is 14.4 Å². The second kappa shape index (κ2) is 19.1. The van der Waals surface area contributed by atoms with E-state index in [-0.39, 0.29) is 29.9 Å². The fraction of sp³-hybridized carbons (Fsp3) is 0.885. The van der Waals surface area contributed by atoms with Crippen LogP contribution in [0.15, 0.2) is 0 Å². The van der Waals surface area contributed by atoms with Gasteiger partial charge in [-0.15, -0.1) is 0 Å². The van der Waals surface area contributed by atoms with Gasteiger partial charge in [0.15, 0.2) is 0 Å². The summed E-state index contributed by atoms with van der Waals surface area (Å²) < 4.78 is 0. The van der Waals surface area contributed by atoms with E-state index >= 15 is 0 Å². The fourth-order valence-electron chi connectivity index (χ4n) is 4.79. The molecule has 0 saturated carbocycles. The zero-order valence-corrected chi connectivity index (χ0v) is 23.2. The summed E-state index contributed by atoms with van der Waals surface area (Å²) in [7, 11) is 0. The first-order chi connectivity index (χ1) is 17.1. The van der Waals surface area contributed by atoms with Gasteiger partial charge in [-0.25, -0.2) is 4.79 Å². The molecule has 2 fully saturated rings. The van der Waals surface area contributed by atoms with Gasteiger partial charge in [0.1, 0.15) is 0 Å². The molecule has 0 unspecified atom stereocenters. The molecule has 0 radical (unpaired) electrons. The van der Waals surface area contributed by atoms with Gasteiger partial charge in [0.05, 0.1) is 12.1 Å². The Morgan fingerprint density at radius 2 is 1.31 bits per heavy atom. The number of fused-ring (bicyclic) bond motifs is 1. The molecule has 4 amide bonds. The Hall–Kier alpha value is -1.09. The molecular formula is C26H48N4O3S2. The third kappa shape index (κ3) is 13.7. The monoisotopic (exact) mass is 528 g/mol. The highest BCUT2D eigenvalue weighted by molar-refractivity contribution is 8.00. The smallest absolute Gasteiger partial charge is 0.315 e. The Morgan fingerprint density at radius 1 is 0.771 bits per heavy atom. The summed E-state index contributed by atoms with van der Waals surface area (Å²) in [6.45, 7) is 1.44. The highest BCUT2D eigenvalue weighted by Crippen LogP contribution is 2.33. The van der Waals surface area contributed by atoms with E-state index in [2.05, 4.69) is 33.9 Å². The summed E-state index contributed by atoms with van der Waals surface area (Å²) in [6, 6.07) is 0.477. The van der Waals surface area contributed by atoms with Crippen LogP contribution in [0.4, 0.5) is 4.79 Å². The van der Waals surface area contributed by atoms with Crippen LogP contribution in [0.5, 0.6) is 0 Å². The molecule has 0 aromatic heterocycles. The van der Waals surface area contributed by atoms with Gasteiger partial charge in [0.2, 0.25) is 11.8 Å². The summed E-state index contributed by atoms with van der Waals surface area (Å²) in [6.07, 6.45) is 16.9. The summed E-state index contributed by atoms with van der Waals surface area (Å²) in [5, 5.41) is 12.5. The first kappa shape index (κ1) is 30.1. The minimum absolute atomic E-state index is 0.0422. The van der Waals surface area contributed by atoms with Gasteiger partial charge in [-0.1, -0.05) is 44.9 Å². The molecule has 4 N–H and O–H groups in total. The molecule has 3 atom stereocenters. The number of thioether (sulfide) groups is 1. The van der Waals surface area contributed by atoms with Crippen LogP contribution < -0.4 is 21.3 Å². The molecule has 2 aliphatic heterocycles. The molecule has 2 rings (SSSR count). The maximum atomic E-state index is 12.0. The van der Waals surface area contributed by atoms with Gasteiger partial charge in [-0.2, -0.15) is 24.4 Å².